The molecule has 1 aliphatic rings. The molecule has 1 aliphatic heterocycles. The Balaban J connectivity index is 0.00000200. The molecule has 1 amide bonds. The molecule has 1 aromatic carbocycles. The van der Waals surface area contributed by atoms with Gasteiger partial charge in [0, 0.05) is 17.6 Å². The average molecular weight is 299 g/mol. The average Bonchev–Trinajstić information content (AvgIpc) is 2.91. The van der Waals surface area contributed by atoms with Crippen LogP contribution in [0.25, 0.3) is 0 Å². The molecule has 3 N–H and O–H groups in total. The van der Waals surface area contributed by atoms with E-state index in [4.69, 9.17) is 10.5 Å². The summed E-state index contributed by atoms with van der Waals surface area (Å²) in [6, 6.07) is 5.72. The fourth-order valence-electron chi connectivity index (χ4n) is 2.17. The standard InChI is InChI=1S/C15H22N2O2.ClH/c1-3-15(16,4-2)10-17-14(18)11-5-6-12-8-19-9-13(12)7-11;/h5-7H,3-4,8-10,16H2,1-2H3,(H,17,18);1H. The van der Waals surface area contributed by atoms with Crippen molar-refractivity contribution in [1.29, 1.82) is 0 Å². The lowest BCUT2D eigenvalue weighted by Crippen LogP contribution is -2.49. The molecular weight excluding hydrogens is 276 g/mol. The zero-order valence-electron chi connectivity index (χ0n) is 12.1. The summed E-state index contributed by atoms with van der Waals surface area (Å²) in [5.41, 5.74) is 8.83. The molecule has 0 fully saturated rings. The van der Waals surface area contributed by atoms with E-state index < -0.39 is 0 Å². The van der Waals surface area contributed by atoms with Crippen LogP contribution in [0, 0.1) is 0 Å². The van der Waals surface area contributed by atoms with E-state index in [0.717, 1.165) is 18.4 Å². The molecule has 0 spiro atoms. The number of nitrogens with one attached hydrogen (secondary N) is 1. The summed E-state index contributed by atoms with van der Waals surface area (Å²) in [5.74, 6) is -0.0635. The van der Waals surface area contributed by atoms with Gasteiger partial charge in [-0.15, -0.1) is 12.4 Å². The van der Waals surface area contributed by atoms with Gasteiger partial charge < -0.3 is 15.8 Å². The molecule has 0 aromatic heterocycles. The van der Waals surface area contributed by atoms with Gasteiger partial charge in [-0.2, -0.15) is 0 Å². The van der Waals surface area contributed by atoms with Gasteiger partial charge in [0.1, 0.15) is 0 Å². The highest BCUT2D eigenvalue weighted by Gasteiger charge is 2.21. The molecule has 0 aliphatic carbocycles. The van der Waals surface area contributed by atoms with Crippen LogP contribution in [0.4, 0.5) is 0 Å². The number of benzene rings is 1. The number of amides is 1. The number of nitrogens with two attached hydrogens (primary N) is 1. The predicted molar refractivity (Wildman–Crippen MR) is 82.0 cm³/mol. The largest absolute Gasteiger partial charge is 0.372 e. The Kier molecular flexibility index (Phi) is 5.99. The third-order valence-electron chi connectivity index (χ3n) is 3.99. The number of ether oxygens (including phenoxy) is 1. The maximum absolute atomic E-state index is 12.1. The molecule has 0 radical (unpaired) electrons. The number of hydrogen-bond donors (Lipinski definition) is 2. The molecule has 0 unspecified atom stereocenters. The fraction of sp³-hybridized carbons (Fsp3) is 0.533. The lowest BCUT2D eigenvalue weighted by atomic mass is 9.94. The number of rotatable bonds is 5. The highest BCUT2D eigenvalue weighted by Crippen LogP contribution is 2.20. The van der Waals surface area contributed by atoms with Crippen LogP contribution < -0.4 is 11.1 Å². The molecule has 1 aromatic rings. The Morgan fingerprint density at radius 3 is 2.60 bits per heavy atom. The molecule has 1 heterocycles. The first-order valence-electron chi connectivity index (χ1n) is 6.84. The van der Waals surface area contributed by atoms with Crippen LogP contribution in [0.15, 0.2) is 18.2 Å². The minimum absolute atomic E-state index is 0. The number of halogens is 1. The van der Waals surface area contributed by atoms with Gasteiger partial charge in [-0.05, 0) is 36.1 Å². The van der Waals surface area contributed by atoms with Crippen molar-refractivity contribution < 1.29 is 9.53 Å². The van der Waals surface area contributed by atoms with E-state index >= 15 is 0 Å². The Bertz CT molecular complexity index is 473. The smallest absolute Gasteiger partial charge is 0.251 e. The quantitative estimate of drug-likeness (QED) is 0.877. The molecule has 2 rings (SSSR count). The lowest BCUT2D eigenvalue weighted by molar-refractivity contribution is 0.0942. The maximum atomic E-state index is 12.1. The van der Waals surface area contributed by atoms with Crippen molar-refractivity contribution in [2.75, 3.05) is 6.54 Å². The van der Waals surface area contributed by atoms with E-state index in [9.17, 15) is 4.79 Å². The van der Waals surface area contributed by atoms with Gasteiger partial charge in [0.2, 0.25) is 0 Å². The topological polar surface area (TPSA) is 64.3 Å². The maximum Gasteiger partial charge on any atom is 0.251 e. The van der Waals surface area contributed by atoms with E-state index in [0.29, 0.717) is 25.3 Å². The fourth-order valence-corrected chi connectivity index (χ4v) is 2.17. The summed E-state index contributed by atoms with van der Waals surface area (Å²) < 4.78 is 5.35. The van der Waals surface area contributed by atoms with Crippen molar-refractivity contribution in [3.63, 3.8) is 0 Å². The van der Waals surface area contributed by atoms with Gasteiger partial charge >= 0.3 is 0 Å². The van der Waals surface area contributed by atoms with Crippen LogP contribution in [0.3, 0.4) is 0 Å². The van der Waals surface area contributed by atoms with Crippen LogP contribution in [0.2, 0.25) is 0 Å². The van der Waals surface area contributed by atoms with Crippen molar-refractivity contribution in [2.24, 2.45) is 5.73 Å². The lowest BCUT2D eigenvalue weighted by Gasteiger charge is -2.26. The van der Waals surface area contributed by atoms with E-state index in [1.165, 1.54) is 5.56 Å². The number of carbonyl (C=O) groups is 1. The molecule has 0 saturated heterocycles. The Labute approximate surface area is 126 Å². The molecule has 20 heavy (non-hydrogen) atoms. The first-order chi connectivity index (χ1) is 9.08. The second kappa shape index (κ2) is 7.07. The van der Waals surface area contributed by atoms with Crippen molar-refractivity contribution >= 4 is 18.3 Å². The summed E-state index contributed by atoms with van der Waals surface area (Å²) >= 11 is 0. The zero-order chi connectivity index (χ0) is 13.9. The first-order valence-corrected chi connectivity index (χ1v) is 6.84. The van der Waals surface area contributed by atoms with Gasteiger partial charge in [0.25, 0.3) is 5.91 Å². The van der Waals surface area contributed by atoms with Crippen molar-refractivity contribution in [1.82, 2.24) is 5.32 Å². The predicted octanol–water partition coefficient (Wildman–Crippen LogP) is 2.39. The molecule has 0 saturated carbocycles. The third-order valence-corrected chi connectivity index (χ3v) is 3.99. The van der Waals surface area contributed by atoms with E-state index in [1.54, 1.807) is 0 Å². The number of carbonyl (C=O) groups excluding carboxylic acids is 1. The van der Waals surface area contributed by atoms with Crippen molar-refractivity contribution in [3.8, 4) is 0 Å². The molecular formula is C15H23ClN2O2. The van der Waals surface area contributed by atoms with Crippen molar-refractivity contribution in [2.45, 2.75) is 45.4 Å². The molecule has 0 atom stereocenters. The van der Waals surface area contributed by atoms with E-state index in [2.05, 4.69) is 5.32 Å². The zero-order valence-corrected chi connectivity index (χ0v) is 12.9. The minimum Gasteiger partial charge on any atom is -0.372 e. The van der Waals surface area contributed by atoms with Gasteiger partial charge in [-0.3, -0.25) is 4.79 Å². The van der Waals surface area contributed by atoms with Crippen molar-refractivity contribution in [3.05, 3.63) is 34.9 Å². The van der Waals surface area contributed by atoms with Crippen LogP contribution in [-0.4, -0.2) is 18.0 Å². The van der Waals surface area contributed by atoms with Crippen LogP contribution in [-0.2, 0) is 18.0 Å². The SMILES string of the molecule is CCC(N)(CC)CNC(=O)c1ccc2c(c1)COC2.Cl. The van der Waals surface area contributed by atoms with Gasteiger partial charge in [-0.25, -0.2) is 0 Å². The van der Waals surface area contributed by atoms with Gasteiger partial charge in [0.15, 0.2) is 0 Å². The molecule has 0 bridgehead atoms. The van der Waals surface area contributed by atoms with E-state index in [1.807, 2.05) is 32.0 Å². The Morgan fingerprint density at radius 2 is 1.95 bits per heavy atom. The number of fused-ring (bicyclic) bond motifs is 1. The molecule has 112 valence electrons. The summed E-state index contributed by atoms with van der Waals surface area (Å²) in [6.07, 6.45) is 1.70. The normalized spacial score (nSPS) is 13.6. The Morgan fingerprint density at radius 1 is 1.30 bits per heavy atom. The summed E-state index contributed by atoms with van der Waals surface area (Å²) in [7, 11) is 0. The monoisotopic (exact) mass is 298 g/mol. The van der Waals surface area contributed by atoms with E-state index in [-0.39, 0.29) is 23.9 Å². The van der Waals surface area contributed by atoms with Crippen LogP contribution >= 0.6 is 12.4 Å². The summed E-state index contributed by atoms with van der Waals surface area (Å²) in [6.45, 7) is 5.84. The number of hydrogen-bond acceptors (Lipinski definition) is 3. The summed E-state index contributed by atoms with van der Waals surface area (Å²) in [4.78, 5) is 12.1. The van der Waals surface area contributed by atoms with Crippen LogP contribution in [0.1, 0.15) is 48.2 Å². The Hall–Kier alpha value is -1.10. The van der Waals surface area contributed by atoms with Gasteiger partial charge in [-0.1, -0.05) is 19.9 Å². The third kappa shape index (κ3) is 3.72. The summed E-state index contributed by atoms with van der Waals surface area (Å²) in [5, 5.41) is 2.93. The first kappa shape index (κ1) is 17.0. The molecule has 4 nitrogen and oxygen atoms in total. The highest BCUT2D eigenvalue weighted by molar-refractivity contribution is 5.94. The second-order valence-corrected chi connectivity index (χ2v) is 5.23. The van der Waals surface area contributed by atoms with Crippen LogP contribution in [0.5, 0.6) is 0 Å². The second-order valence-electron chi connectivity index (χ2n) is 5.23. The minimum atomic E-state index is -0.310. The highest BCUT2D eigenvalue weighted by atomic mass is 35.5. The van der Waals surface area contributed by atoms with Gasteiger partial charge in [0.05, 0.1) is 13.2 Å². The molecule has 5 heteroatoms.